The number of hydrogen-bond donors (Lipinski definition) is 7. The maximum atomic E-state index is 15.4. The van der Waals surface area contributed by atoms with Gasteiger partial charge in [-0.3, -0.25) is 9.59 Å². The van der Waals surface area contributed by atoms with Crippen molar-refractivity contribution in [3.8, 4) is 0 Å². The predicted molar refractivity (Wildman–Crippen MR) is 291 cm³/mol. The number of aliphatic hydroxyl groups is 2. The van der Waals surface area contributed by atoms with Crippen LogP contribution in [0.1, 0.15) is 137 Å². The van der Waals surface area contributed by atoms with Gasteiger partial charge < -0.3 is 69.5 Å². The molecule has 18 nitrogen and oxygen atoms in total. The number of amides is 1. The molecule has 19 heteroatoms. The Morgan fingerprint density at radius 3 is 2.30 bits per heavy atom. The highest BCUT2D eigenvalue weighted by atomic mass is 35.5. The summed E-state index contributed by atoms with van der Waals surface area (Å²) < 4.78 is 45.1. The van der Waals surface area contributed by atoms with E-state index in [4.69, 9.17) is 50.5 Å². The summed E-state index contributed by atoms with van der Waals surface area (Å²) in [7, 11) is 0. The monoisotopic (exact) mass is 1110 g/mol. The number of allylic oxidation sites excluding steroid dienone is 1. The lowest BCUT2D eigenvalue weighted by Crippen LogP contribution is -2.60. The highest BCUT2D eigenvalue weighted by Gasteiger charge is 2.61. The molecule has 430 valence electrons. The van der Waals surface area contributed by atoms with Gasteiger partial charge in [0, 0.05) is 62.9 Å². The zero-order valence-corrected chi connectivity index (χ0v) is 47.3. The molecule has 6 heterocycles. The number of ether oxygens (including phenoxy) is 7. The molecular weight excluding hydrogens is 1040 g/mol. The summed E-state index contributed by atoms with van der Waals surface area (Å²) in [5.41, 5.74) is 4.43. The molecule has 0 radical (unpaired) electrons. The Morgan fingerprint density at radius 2 is 1.57 bits per heavy atom. The number of aliphatic carboxylic acids is 1. The van der Waals surface area contributed by atoms with E-state index < -0.39 is 101 Å². The summed E-state index contributed by atoms with van der Waals surface area (Å²) in [4.78, 5) is 62.1. The maximum Gasteiger partial charge on any atom is 0.355 e. The lowest BCUT2D eigenvalue weighted by atomic mass is 9.52. The van der Waals surface area contributed by atoms with Gasteiger partial charge in [-0.05, 0) is 120 Å². The van der Waals surface area contributed by atoms with Crippen LogP contribution >= 0.6 is 11.6 Å². The van der Waals surface area contributed by atoms with Crippen LogP contribution in [-0.2, 0) is 47.5 Å². The van der Waals surface area contributed by atoms with E-state index in [0.717, 1.165) is 35.6 Å². The van der Waals surface area contributed by atoms with Gasteiger partial charge in [-0.15, -0.1) is 0 Å². The van der Waals surface area contributed by atoms with Crippen molar-refractivity contribution in [3.05, 3.63) is 70.4 Å². The highest BCUT2D eigenvalue weighted by Crippen LogP contribution is 2.58. The summed E-state index contributed by atoms with van der Waals surface area (Å²) in [5, 5.41) is 39.8. The molecule has 1 aromatic carbocycles. The number of nitrogens with two attached hydrogens (primary N) is 1. The van der Waals surface area contributed by atoms with Gasteiger partial charge in [0.05, 0.1) is 59.4 Å². The number of H-pyrrole nitrogens is 2. The van der Waals surface area contributed by atoms with E-state index in [1.165, 1.54) is 0 Å². The average Bonchev–Trinajstić information content (AvgIpc) is 3.81. The van der Waals surface area contributed by atoms with Crippen molar-refractivity contribution in [1.82, 2.24) is 15.3 Å². The normalized spacial score (nSPS) is 43.5. The van der Waals surface area contributed by atoms with Gasteiger partial charge in [0.25, 0.3) is 5.91 Å². The molecule has 1 saturated carbocycles. The summed E-state index contributed by atoms with van der Waals surface area (Å²) in [5.74, 6) is -3.54. The molecule has 1 spiro atoms. The first-order valence-corrected chi connectivity index (χ1v) is 29.1. The first kappa shape index (κ1) is 56.4. The number of nitrogens with one attached hydrogen (secondary N) is 3. The predicted octanol–water partition coefficient (Wildman–Crippen LogP) is 8.07. The standard InChI is InChI=1S/C60H79ClN4O14/c1-9-32-24-57(6)25-38(55(69)70)28(2)23-60(57)26-39(54(68)65-60)51(67)59(8)33(19-43(32)66)13-15-35-40(59)11-10-12-45(35)77-47-18-17-44(29(3)73-47)76-49-27-58(7,72)52(31(5)75-49)79-48-22-46(50(62)30(4)74-48)78-56(71)42-21-37-36-20-34(61)14-16-41(36)63-53(37)64-42/h13-16,20-21,25-26,28-33,35,40,43-50,52,63-64,66,72H,9-12,17-19,22-24,27,62H2,1-8H3,(H,65,68)(H,69,70). The molecule has 3 saturated heterocycles. The topological polar surface area (TPSA) is 263 Å². The summed E-state index contributed by atoms with van der Waals surface area (Å²) >= 11 is 6.26. The fraction of sp³-hybridized carbons (Fsp3) is 0.667. The zero-order chi connectivity index (χ0) is 56.2. The molecule has 11 rings (SSSR count). The van der Waals surface area contributed by atoms with Crippen molar-refractivity contribution >= 4 is 57.2 Å². The van der Waals surface area contributed by atoms with E-state index in [1.807, 2.05) is 59.8 Å². The molecule has 3 aromatic rings. The molecule has 2 aromatic heterocycles. The average molecular weight is 1120 g/mol. The fourth-order valence-electron chi connectivity index (χ4n) is 15.4. The molecule has 4 aliphatic carbocycles. The number of carboxylic acid groups (broad SMARTS) is 1. The summed E-state index contributed by atoms with van der Waals surface area (Å²) in [6.07, 6.45) is 6.47. The van der Waals surface area contributed by atoms with Crippen LogP contribution in [0.2, 0.25) is 5.02 Å². The first-order valence-electron chi connectivity index (χ1n) is 28.7. The van der Waals surface area contributed by atoms with Crippen molar-refractivity contribution in [1.29, 1.82) is 0 Å². The number of rotatable bonds is 10. The van der Waals surface area contributed by atoms with Gasteiger partial charge in [-0.1, -0.05) is 70.4 Å². The van der Waals surface area contributed by atoms with E-state index in [9.17, 15) is 29.7 Å². The Labute approximate surface area is 465 Å². The van der Waals surface area contributed by atoms with Crippen LogP contribution in [0.15, 0.2) is 59.7 Å². The third-order valence-corrected chi connectivity index (χ3v) is 20.2. The lowest BCUT2D eigenvalue weighted by Gasteiger charge is -2.53. The Balaban J connectivity index is 0.718. The zero-order valence-electron chi connectivity index (χ0n) is 46.5. The number of esters is 1. The molecular formula is C60H79ClN4O14. The molecule has 8 aliphatic rings. The number of Topliss-reactive ketones (excluding diaryl/α,β-unsaturated/α-hetero) is 1. The van der Waals surface area contributed by atoms with E-state index >= 15 is 4.79 Å². The quantitative estimate of drug-likeness (QED) is 0.0575. The van der Waals surface area contributed by atoms with Crippen molar-refractivity contribution < 1.29 is 67.7 Å². The van der Waals surface area contributed by atoms with E-state index in [2.05, 4.69) is 27.4 Å². The van der Waals surface area contributed by atoms with Crippen molar-refractivity contribution in [2.75, 3.05) is 0 Å². The Hall–Kier alpha value is -4.47. The minimum absolute atomic E-state index is 0.0952. The van der Waals surface area contributed by atoms with Crippen LogP contribution in [-0.4, -0.2) is 134 Å². The SMILES string of the molecule is CCC1CC2(C)C=C(C(=O)O)C(C)CC23C=C(C(=O)N3)C(=O)C2(C)C(C=CC3C(OC4CCC(OC5CC(C)(O)C(OC6CC(OC(=O)c7cc8c([nH]7)[nH]c7ccc(Cl)cc78)C(N)C(C)O6)C(C)O5)C(C)O4)CCCC32)CC1O. The number of ketones is 1. The summed E-state index contributed by atoms with van der Waals surface area (Å²) in [6, 6.07) is 6.60. The Bertz CT molecular complexity index is 2970. The molecule has 2 bridgehead atoms. The largest absolute Gasteiger partial charge is 0.478 e. The number of aromatic amines is 2. The van der Waals surface area contributed by atoms with E-state index in [1.54, 1.807) is 32.1 Å². The Kier molecular flexibility index (Phi) is 15.0. The van der Waals surface area contributed by atoms with Gasteiger partial charge in [0.15, 0.2) is 24.7 Å². The van der Waals surface area contributed by atoms with Gasteiger partial charge in [-0.2, -0.15) is 0 Å². The number of halogens is 1. The van der Waals surface area contributed by atoms with Gasteiger partial charge >= 0.3 is 11.9 Å². The number of carbonyl (C=O) groups is 4. The van der Waals surface area contributed by atoms with Crippen molar-refractivity contribution in [2.24, 2.45) is 46.2 Å². The molecule has 4 aliphatic heterocycles. The molecule has 21 unspecified atom stereocenters. The number of aliphatic hydroxyl groups excluding tert-OH is 1. The number of benzene rings is 1. The second-order valence-electron chi connectivity index (χ2n) is 25.2. The molecule has 8 N–H and O–H groups in total. The minimum atomic E-state index is -1.41. The second-order valence-corrected chi connectivity index (χ2v) is 25.6. The molecule has 1 amide bonds. The fourth-order valence-corrected chi connectivity index (χ4v) is 15.6. The Morgan fingerprint density at radius 1 is 0.823 bits per heavy atom. The number of aromatic nitrogens is 2. The van der Waals surface area contributed by atoms with Crippen LogP contribution in [0, 0.1) is 40.4 Å². The number of hydrogen-bond acceptors (Lipinski definition) is 14. The number of fused-ring (bicyclic) bond motifs is 6. The minimum Gasteiger partial charge on any atom is -0.478 e. The highest BCUT2D eigenvalue weighted by molar-refractivity contribution is 6.32. The van der Waals surface area contributed by atoms with Crippen LogP contribution < -0.4 is 11.1 Å². The molecule has 4 fully saturated rings. The first-order chi connectivity index (χ1) is 37.4. The van der Waals surface area contributed by atoms with E-state index in [-0.39, 0.29) is 77.3 Å². The lowest BCUT2D eigenvalue weighted by molar-refractivity contribution is -0.339. The van der Waals surface area contributed by atoms with Crippen molar-refractivity contribution in [2.45, 2.75) is 211 Å². The van der Waals surface area contributed by atoms with Crippen molar-refractivity contribution in [3.63, 3.8) is 0 Å². The van der Waals surface area contributed by atoms with Gasteiger partial charge in [-0.25, -0.2) is 9.59 Å². The third kappa shape index (κ3) is 10.0. The third-order valence-electron chi connectivity index (χ3n) is 20.0. The van der Waals surface area contributed by atoms with Crippen LogP contribution in [0.3, 0.4) is 0 Å². The maximum absolute atomic E-state index is 15.4. The second kappa shape index (κ2) is 21.1. The smallest absolute Gasteiger partial charge is 0.355 e. The molecule has 79 heavy (non-hydrogen) atoms. The van der Waals surface area contributed by atoms with Gasteiger partial charge in [0.1, 0.15) is 23.5 Å². The number of carboxylic acids is 1. The van der Waals surface area contributed by atoms with Gasteiger partial charge in [0.2, 0.25) is 0 Å². The van der Waals surface area contributed by atoms with Crippen LogP contribution in [0.5, 0.6) is 0 Å². The molecule has 21 atom stereocenters. The number of carbonyl (C=O) groups excluding carboxylic acids is 3. The van der Waals surface area contributed by atoms with Crippen LogP contribution in [0.4, 0.5) is 0 Å². The van der Waals surface area contributed by atoms with E-state index in [0.29, 0.717) is 49.2 Å². The van der Waals surface area contributed by atoms with Crippen LogP contribution in [0.25, 0.3) is 21.9 Å². The summed E-state index contributed by atoms with van der Waals surface area (Å²) in [6.45, 7) is 15.1.